The summed E-state index contributed by atoms with van der Waals surface area (Å²) in [4.78, 5) is 29.9. The number of likely N-dealkylation sites (tertiary alicyclic amines) is 1. The Morgan fingerprint density at radius 3 is 2.57 bits per heavy atom. The molecule has 2 fully saturated rings. The first-order valence-electron chi connectivity index (χ1n) is 11.4. The third-order valence-electron chi connectivity index (χ3n) is 7.19. The van der Waals surface area contributed by atoms with Crippen molar-refractivity contribution in [2.75, 3.05) is 40.3 Å². The van der Waals surface area contributed by atoms with Gasteiger partial charge in [-0.25, -0.2) is 4.79 Å². The maximum atomic E-state index is 13.0. The van der Waals surface area contributed by atoms with Crippen molar-refractivity contribution in [1.29, 1.82) is 0 Å². The molecule has 4 rings (SSSR count). The summed E-state index contributed by atoms with van der Waals surface area (Å²) in [6.45, 7) is 4.07. The molecule has 1 spiro atoms. The molecule has 1 aromatic carbocycles. The van der Waals surface area contributed by atoms with Gasteiger partial charge in [0.15, 0.2) is 0 Å². The van der Waals surface area contributed by atoms with E-state index < -0.39 is 5.60 Å². The highest BCUT2D eigenvalue weighted by Gasteiger charge is 2.48. The minimum Gasteiger partial charge on any atom is -0.497 e. The highest BCUT2D eigenvalue weighted by Crippen LogP contribution is 2.48. The largest absolute Gasteiger partial charge is 0.497 e. The van der Waals surface area contributed by atoms with E-state index >= 15 is 0 Å². The molecule has 30 heavy (non-hydrogen) atoms. The number of methoxy groups -OCH3 is 1. The molecule has 164 valence electrons. The number of benzene rings is 1. The Balaban J connectivity index is 1.33. The van der Waals surface area contributed by atoms with Crippen molar-refractivity contribution in [1.82, 2.24) is 9.80 Å². The van der Waals surface area contributed by atoms with Crippen LogP contribution in [0.3, 0.4) is 0 Å². The molecule has 0 aromatic heterocycles. The van der Waals surface area contributed by atoms with Crippen LogP contribution in [0.5, 0.6) is 5.75 Å². The Hall–Kier alpha value is -2.08. The normalized spacial score (nSPS) is 26.7. The lowest BCUT2D eigenvalue weighted by Gasteiger charge is -2.37. The second-order valence-electron chi connectivity index (χ2n) is 9.09. The lowest BCUT2D eigenvalue weighted by Crippen LogP contribution is -2.42. The van der Waals surface area contributed by atoms with Gasteiger partial charge in [-0.3, -0.25) is 4.79 Å². The SMILES string of the molecule is COc1ccc2c(c1)C(=O)O[C@]21CC[C@H](C(=O)N(C)CCN2CCCCCC2)CC1. The monoisotopic (exact) mass is 414 g/mol. The summed E-state index contributed by atoms with van der Waals surface area (Å²) < 4.78 is 11.1. The van der Waals surface area contributed by atoms with E-state index in [4.69, 9.17) is 9.47 Å². The molecule has 3 aliphatic rings. The number of esters is 1. The molecule has 6 heteroatoms. The number of carbonyl (C=O) groups is 2. The maximum Gasteiger partial charge on any atom is 0.339 e. The summed E-state index contributed by atoms with van der Waals surface area (Å²) in [5.74, 6) is 0.644. The first kappa shape index (κ1) is 21.2. The number of fused-ring (bicyclic) bond motifs is 2. The standard InChI is InChI=1S/C24H34N2O4/c1-25(15-16-26-13-5-3-4-6-14-26)22(27)18-9-11-24(12-10-18)21-8-7-19(29-2)17-20(21)23(28)30-24/h7-8,17-18H,3-6,9-16H2,1-2H3/t18-,24-. The number of likely N-dealkylation sites (N-methyl/N-ethyl adjacent to an activating group) is 1. The number of amides is 1. The molecule has 1 aromatic rings. The first-order chi connectivity index (χ1) is 14.5. The molecule has 1 saturated heterocycles. The summed E-state index contributed by atoms with van der Waals surface area (Å²) in [5, 5.41) is 0. The van der Waals surface area contributed by atoms with Crippen LogP contribution in [0.4, 0.5) is 0 Å². The van der Waals surface area contributed by atoms with Crippen LogP contribution in [0.25, 0.3) is 0 Å². The molecule has 2 aliphatic heterocycles. The Morgan fingerprint density at radius 1 is 1.20 bits per heavy atom. The highest BCUT2D eigenvalue weighted by atomic mass is 16.6. The number of ether oxygens (including phenoxy) is 2. The van der Waals surface area contributed by atoms with Crippen molar-refractivity contribution in [2.24, 2.45) is 5.92 Å². The Morgan fingerprint density at radius 2 is 1.90 bits per heavy atom. The molecule has 0 N–H and O–H groups in total. The number of carbonyl (C=O) groups excluding carboxylic acids is 2. The van der Waals surface area contributed by atoms with Crippen molar-refractivity contribution in [3.05, 3.63) is 29.3 Å². The topological polar surface area (TPSA) is 59.1 Å². The van der Waals surface area contributed by atoms with E-state index in [9.17, 15) is 9.59 Å². The minimum atomic E-state index is -0.569. The maximum absolute atomic E-state index is 13.0. The Kier molecular flexibility index (Phi) is 6.32. The fraction of sp³-hybridized carbons (Fsp3) is 0.667. The van der Waals surface area contributed by atoms with E-state index in [1.165, 1.54) is 25.7 Å². The van der Waals surface area contributed by atoms with Gasteiger partial charge in [0.05, 0.1) is 12.7 Å². The Labute approximate surface area is 179 Å². The second kappa shape index (κ2) is 8.96. The summed E-state index contributed by atoms with van der Waals surface area (Å²) in [6, 6.07) is 5.60. The zero-order valence-electron chi connectivity index (χ0n) is 18.3. The lowest BCUT2D eigenvalue weighted by atomic mass is 9.74. The fourth-order valence-electron chi connectivity index (χ4n) is 5.28. The van der Waals surface area contributed by atoms with Crippen LogP contribution < -0.4 is 4.74 Å². The predicted molar refractivity (Wildman–Crippen MR) is 115 cm³/mol. The smallest absolute Gasteiger partial charge is 0.339 e. The predicted octanol–water partition coefficient (Wildman–Crippen LogP) is 3.59. The van der Waals surface area contributed by atoms with Crippen LogP contribution in [0.15, 0.2) is 18.2 Å². The van der Waals surface area contributed by atoms with Crippen molar-refractivity contribution in [2.45, 2.75) is 57.0 Å². The zero-order valence-corrected chi connectivity index (χ0v) is 18.3. The van der Waals surface area contributed by atoms with Crippen molar-refractivity contribution in [3.63, 3.8) is 0 Å². The molecule has 2 heterocycles. The van der Waals surface area contributed by atoms with Gasteiger partial charge in [0, 0.05) is 31.6 Å². The molecule has 1 saturated carbocycles. The quantitative estimate of drug-likeness (QED) is 0.689. The van der Waals surface area contributed by atoms with Gasteiger partial charge in [0.2, 0.25) is 5.91 Å². The molecule has 0 bridgehead atoms. The van der Waals surface area contributed by atoms with Gasteiger partial charge in [-0.15, -0.1) is 0 Å². The van der Waals surface area contributed by atoms with E-state index in [1.807, 2.05) is 24.1 Å². The molecule has 6 nitrogen and oxygen atoms in total. The van der Waals surface area contributed by atoms with Crippen LogP contribution in [0, 0.1) is 5.92 Å². The highest BCUT2D eigenvalue weighted by molar-refractivity contribution is 5.95. The number of nitrogens with zero attached hydrogens (tertiary/aromatic N) is 2. The van der Waals surface area contributed by atoms with Gasteiger partial charge in [-0.2, -0.15) is 0 Å². The molecule has 1 amide bonds. The van der Waals surface area contributed by atoms with Crippen LogP contribution in [-0.2, 0) is 15.1 Å². The van der Waals surface area contributed by atoms with Gasteiger partial charge >= 0.3 is 5.97 Å². The second-order valence-corrected chi connectivity index (χ2v) is 9.09. The van der Waals surface area contributed by atoms with Crippen LogP contribution >= 0.6 is 0 Å². The van der Waals surface area contributed by atoms with E-state index in [1.54, 1.807) is 13.2 Å². The van der Waals surface area contributed by atoms with E-state index in [2.05, 4.69) is 4.90 Å². The summed E-state index contributed by atoms with van der Waals surface area (Å²) in [5.41, 5.74) is 0.988. The molecular formula is C24H34N2O4. The summed E-state index contributed by atoms with van der Waals surface area (Å²) in [7, 11) is 3.53. The van der Waals surface area contributed by atoms with E-state index in [0.717, 1.165) is 44.6 Å². The van der Waals surface area contributed by atoms with Crippen molar-refractivity contribution in [3.8, 4) is 5.75 Å². The zero-order chi connectivity index (χ0) is 21.1. The van der Waals surface area contributed by atoms with Crippen LogP contribution in [0.2, 0.25) is 0 Å². The van der Waals surface area contributed by atoms with Crippen LogP contribution in [0.1, 0.15) is 67.3 Å². The molecule has 0 unspecified atom stereocenters. The first-order valence-corrected chi connectivity index (χ1v) is 11.4. The Bertz CT molecular complexity index is 777. The average molecular weight is 415 g/mol. The number of hydrogen-bond acceptors (Lipinski definition) is 5. The van der Waals surface area contributed by atoms with Crippen LogP contribution in [-0.4, -0.2) is 62.0 Å². The molecule has 1 aliphatic carbocycles. The van der Waals surface area contributed by atoms with Gasteiger partial charge in [0.25, 0.3) is 0 Å². The third-order valence-corrected chi connectivity index (χ3v) is 7.19. The fourth-order valence-corrected chi connectivity index (χ4v) is 5.28. The third kappa shape index (κ3) is 4.20. The number of rotatable bonds is 5. The lowest BCUT2D eigenvalue weighted by molar-refractivity contribution is -0.137. The van der Waals surface area contributed by atoms with E-state index in [-0.39, 0.29) is 17.8 Å². The molecule has 0 atom stereocenters. The summed E-state index contributed by atoms with van der Waals surface area (Å²) in [6.07, 6.45) is 8.12. The van der Waals surface area contributed by atoms with Crippen molar-refractivity contribution < 1.29 is 19.1 Å². The minimum absolute atomic E-state index is 0.0192. The summed E-state index contributed by atoms with van der Waals surface area (Å²) >= 11 is 0. The number of hydrogen-bond donors (Lipinski definition) is 0. The van der Waals surface area contributed by atoms with Gasteiger partial charge in [0.1, 0.15) is 11.4 Å². The molecular weight excluding hydrogens is 380 g/mol. The molecule has 0 radical (unpaired) electrons. The van der Waals surface area contributed by atoms with Gasteiger partial charge < -0.3 is 19.3 Å². The van der Waals surface area contributed by atoms with E-state index in [0.29, 0.717) is 24.2 Å². The van der Waals surface area contributed by atoms with Crippen molar-refractivity contribution >= 4 is 11.9 Å². The van der Waals surface area contributed by atoms with Gasteiger partial charge in [-0.1, -0.05) is 18.9 Å². The van der Waals surface area contributed by atoms with Gasteiger partial charge in [-0.05, 0) is 63.7 Å². The average Bonchev–Trinajstić information content (AvgIpc) is 2.94.